The Bertz CT molecular complexity index is 737. The van der Waals surface area contributed by atoms with Crippen molar-refractivity contribution in [3.05, 3.63) is 57.3 Å². The second-order valence-corrected chi connectivity index (χ2v) is 4.90. The van der Waals surface area contributed by atoms with E-state index in [4.69, 9.17) is 5.11 Å². The molecule has 0 radical (unpaired) electrons. The third-order valence-electron chi connectivity index (χ3n) is 3.19. The Morgan fingerprint density at radius 3 is 2.71 bits per heavy atom. The predicted molar refractivity (Wildman–Crippen MR) is 79.8 cm³/mol. The molecule has 0 amide bonds. The molecule has 0 spiro atoms. The molecule has 6 nitrogen and oxygen atoms in total. The van der Waals surface area contributed by atoms with Crippen LogP contribution in [0, 0.1) is 13.8 Å². The number of nitrogens with zero attached hydrogens (tertiary/aromatic N) is 1. The van der Waals surface area contributed by atoms with Crippen LogP contribution in [0.2, 0.25) is 0 Å². The van der Waals surface area contributed by atoms with Crippen LogP contribution in [0.1, 0.15) is 40.4 Å². The molecule has 3 N–H and O–H groups in total. The molecule has 21 heavy (non-hydrogen) atoms. The predicted octanol–water partition coefficient (Wildman–Crippen LogP) is 2.26. The second-order valence-electron chi connectivity index (χ2n) is 4.90. The summed E-state index contributed by atoms with van der Waals surface area (Å²) in [4.78, 5) is 29.9. The number of aromatic nitrogens is 2. The van der Waals surface area contributed by atoms with Crippen LogP contribution in [0.4, 0.5) is 5.69 Å². The van der Waals surface area contributed by atoms with E-state index in [2.05, 4.69) is 15.3 Å². The Labute approximate surface area is 121 Å². The first kappa shape index (κ1) is 14.8. The summed E-state index contributed by atoms with van der Waals surface area (Å²) in [7, 11) is 0. The molecular weight excluding hydrogens is 270 g/mol. The maximum Gasteiger partial charge on any atom is 0.335 e. The monoisotopic (exact) mass is 287 g/mol. The minimum Gasteiger partial charge on any atom is -0.478 e. The Balaban J connectivity index is 2.30. The molecule has 0 saturated carbocycles. The van der Waals surface area contributed by atoms with Crippen molar-refractivity contribution in [2.45, 2.75) is 26.8 Å². The average molecular weight is 287 g/mol. The molecule has 0 bridgehead atoms. The normalized spacial score (nSPS) is 12.0. The number of aromatic amines is 1. The number of nitrogens with one attached hydrogen (secondary N) is 2. The van der Waals surface area contributed by atoms with Crippen LogP contribution in [-0.2, 0) is 0 Å². The van der Waals surface area contributed by atoms with Crippen molar-refractivity contribution < 1.29 is 9.90 Å². The van der Waals surface area contributed by atoms with Crippen molar-refractivity contribution in [2.75, 3.05) is 5.32 Å². The van der Waals surface area contributed by atoms with Gasteiger partial charge in [0.1, 0.15) is 5.82 Å². The summed E-state index contributed by atoms with van der Waals surface area (Å²) >= 11 is 0. The van der Waals surface area contributed by atoms with E-state index in [9.17, 15) is 9.59 Å². The van der Waals surface area contributed by atoms with Gasteiger partial charge >= 0.3 is 5.97 Å². The molecule has 2 rings (SSSR count). The van der Waals surface area contributed by atoms with E-state index in [0.29, 0.717) is 22.8 Å². The number of H-pyrrole nitrogens is 1. The molecule has 0 aliphatic carbocycles. The Hall–Kier alpha value is -2.63. The summed E-state index contributed by atoms with van der Waals surface area (Å²) in [6.45, 7) is 5.35. The molecular formula is C15H17N3O3. The van der Waals surface area contributed by atoms with Crippen LogP contribution < -0.4 is 10.9 Å². The van der Waals surface area contributed by atoms with E-state index in [-0.39, 0.29) is 17.2 Å². The summed E-state index contributed by atoms with van der Waals surface area (Å²) in [5.41, 5.74) is 1.85. The fraction of sp³-hybridized carbons (Fsp3) is 0.267. The van der Waals surface area contributed by atoms with Gasteiger partial charge < -0.3 is 15.4 Å². The lowest BCUT2D eigenvalue weighted by molar-refractivity contribution is 0.0697. The number of benzene rings is 1. The number of hydrogen-bond donors (Lipinski definition) is 3. The highest BCUT2D eigenvalue weighted by molar-refractivity contribution is 5.88. The smallest absolute Gasteiger partial charge is 0.335 e. The number of carbonyl (C=O) groups is 1. The van der Waals surface area contributed by atoms with E-state index < -0.39 is 5.97 Å². The van der Waals surface area contributed by atoms with Gasteiger partial charge in [-0.1, -0.05) is 6.07 Å². The van der Waals surface area contributed by atoms with Gasteiger partial charge in [0.15, 0.2) is 0 Å². The third kappa shape index (κ3) is 3.28. The van der Waals surface area contributed by atoms with Gasteiger partial charge in [-0.05, 0) is 39.0 Å². The molecule has 0 aliphatic rings. The summed E-state index contributed by atoms with van der Waals surface area (Å²) in [6.07, 6.45) is 0. The van der Waals surface area contributed by atoms with Crippen molar-refractivity contribution in [1.29, 1.82) is 0 Å². The molecule has 1 aromatic heterocycles. The van der Waals surface area contributed by atoms with Gasteiger partial charge in [-0.2, -0.15) is 0 Å². The summed E-state index contributed by atoms with van der Waals surface area (Å²) in [6, 6.07) is 6.18. The maximum atomic E-state index is 12.0. The highest BCUT2D eigenvalue weighted by Crippen LogP contribution is 2.19. The molecule has 0 fully saturated rings. The van der Waals surface area contributed by atoms with Gasteiger partial charge in [-0.15, -0.1) is 0 Å². The number of carboxylic acids is 1. The average Bonchev–Trinajstić information content (AvgIpc) is 2.37. The van der Waals surface area contributed by atoms with Gasteiger partial charge in [-0.25, -0.2) is 9.78 Å². The first-order valence-corrected chi connectivity index (χ1v) is 6.56. The molecule has 2 aromatic rings. The summed E-state index contributed by atoms with van der Waals surface area (Å²) in [5, 5.41) is 12.1. The minimum absolute atomic E-state index is 0.186. The Morgan fingerprint density at radius 2 is 2.10 bits per heavy atom. The van der Waals surface area contributed by atoms with Crippen LogP contribution in [0.15, 0.2) is 29.1 Å². The number of aromatic carboxylic acids is 1. The lowest BCUT2D eigenvalue weighted by Gasteiger charge is -2.17. The van der Waals surface area contributed by atoms with E-state index in [1.165, 1.54) is 12.1 Å². The fourth-order valence-electron chi connectivity index (χ4n) is 2.31. The molecule has 6 heteroatoms. The number of anilines is 1. The van der Waals surface area contributed by atoms with Crippen molar-refractivity contribution in [1.82, 2.24) is 9.97 Å². The zero-order valence-corrected chi connectivity index (χ0v) is 12.1. The third-order valence-corrected chi connectivity index (χ3v) is 3.19. The number of carboxylic acid groups (broad SMARTS) is 1. The van der Waals surface area contributed by atoms with Crippen LogP contribution in [-0.4, -0.2) is 21.0 Å². The number of hydrogen-bond acceptors (Lipinski definition) is 4. The standard InChI is InChI=1S/C15H17N3O3/c1-8-13(14(19)18-10(3)16-8)9(2)17-12-6-4-5-11(7-12)15(20)21/h4-7,9,17H,1-3H3,(H,20,21)(H,16,18,19). The van der Waals surface area contributed by atoms with E-state index >= 15 is 0 Å². The van der Waals surface area contributed by atoms with Crippen molar-refractivity contribution in [3.63, 3.8) is 0 Å². The van der Waals surface area contributed by atoms with Gasteiger partial charge in [0.25, 0.3) is 5.56 Å². The van der Waals surface area contributed by atoms with E-state index in [0.717, 1.165) is 0 Å². The first-order chi connectivity index (χ1) is 9.88. The number of aryl methyl sites for hydroxylation is 2. The quantitative estimate of drug-likeness (QED) is 0.801. The van der Waals surface area contributed by atoms with Crippen molar-refractivity contribution in [2.24, 2.45) is 0 Å². The zero-order chi connectivity index (χ0) is 15.6. The molecule has 1 aromatic carbocycles. The van der Waals surface area contributed by atoms with E-state index in [1.807, 2.05) is 6.92 Å². The van der Waals surface area contributed by atoms with Crippen LogP contribution in [0.5, 0.6) is 0 Å². The number of rotatable bonds is 4. The van der Waals surface area contributed by atoms with Crippen LogP contribution in [0.25, 0.3) is 0 Å². The van der Waals surface area contributed by atoms with Gasteiger partial charge in [0, 0.05) is 5.69 Å². The second kappa shape index (κ2) is 5.78. The lowest BCUT2D eigenvalue weighted by Crippen LogP contribution is -2.23. The molecule has 0 aliphatic heterocycles. The van der Waals surface area contributed by atoms with Gasteiger partial charge in [-0.3, -0.25) is 4.79 Å². The van der Waals surface area contributed by atoms with Crippen LogP contribution >= 0.6 is 0 Å². The van der Waals surface area contributed by atoms with Gasteiger partial charge in [0.05, 0.1) is 22.9 Å². The highest BCUT2D eigenvalue weighted by Gasteiger charge is 2.15. The first-order valence-electron chi connectivity index (χ1n) is 6.56. The van der Waals surface area contributed by atoms with Crippen molar-refractivity contribution >= 4 is 11.7 Å². The fourth-order valence-corrected chi connectivity index (χ4v) is 2.31. The van der Waals surface area contributed by atoms with Crippen molar-refractivity contribution in [3.8, 4) is 0 Å². The Morgan fingerprint density at radius 1 is 1.38 bits per heavy atom. The van der Waals surface area contributed by atoms with Gasteiger partial charge in [0.2, 0.25) is 0 Å². The topological polar surface area (TPSA) is 95.1 Å². The molecule has 110 valence electrons. The maximum absolute atomic E-state index is 12.0. The van der Waals surface area contributed by atoms with Crippen LogP contribution in [0.3, 0.4) is 0 Å². The Kier molecular flexibility index (Phi) is 4.07. The summed E-state index contributed by atoms with van der Waals surface area (Å²) < 4.78 is 0. The largest absolute Gasteiger partial charge is 0.478 e. The summed E-state index contributed by atoms with van der Waals surface area (Å²) in [5.74, 6) is -0.418. The molecule has 1 atom stereocenters. The zero-order valence-electron chi connectivity index (χ0n) is 12.1. The SMILES string of the molecule is Cc1nc(C)c(C(C)Nc2cccc(C(=O)O)c2)c(=O)[nH]1. The molecule has 1 heterocycles. The highest BCUT2D eigenvalue weighted by atomic mass is 16.4. The minimum atomic E-state index is -0.989. The van der Waals surface area contributed by atoms with E-state index in [1.54, 1.807) is 26.0 Å². The molecule has 1 unspecified atom stereocenters. The molecule has 0 saturated heterocycles. The lowest BCUT2D eigenvalue weighted by atomic mass is 10.1.